The number of benzene rings is 1. The molecule has 0 bridgehead atoms. The van der Waals surface area contributed by atoms with Crippen LogP contribution in [0.15, 0.2) is 42.5 Å². The van der Waals surface area contributed by atoms with Gasteiger partial charge in [0, 0.05) is 0 Å². The minimum atomic E-state index is -0.874. The van der Waals surface area contributed by atoms with E-state index in [0.29, 0.717) is 6.42 Å². The fourth-order valence-corrected chi connectivity index (χ4v) is 1.40. The molecule has 0 fully saturated rings. The van der Waals surface area contributed by atoms with E-state index in [1.807, 2.05) is 30.3 Å². The van der Waals surface area contributed by atoms with Crippen LogP contribution in [0.25, 0.3) is 0 Å². The molecule has 2 unspecified atom stereocenters. The zero-order chi connectivity index (χ0) is 12.0. The number of carboxylic acids is 1. The lowest BCUT2D eigenvalue weighted by molar-refractivity contribution is -0.140. The summed E-state index contributed by atoms with van der Waals surface area (Å²) in [5.74, 6) is -1.46. The van der Waals surface area contributed by atoms with E-state index in [1.165, 1.54) is 6.08 Å². The second-order valence-corrected chi connectivity index (χ2v) is 3.76. The van der Waals surface area contributed by atoms with Gasteiger partial charge < -0.3 is 10.2 Å². The first-order chi connectivity index (χ1) is 7.59. The summed E-state index contributed by atoms with van der Waals surface area (Å²) in [5.41, 5.74) is 0.977. The molecule has 2 atom stereocenters. The van der Waals surface area contributed by atoms with Gasteiger partial charge in [0.05, 0.1) is 12.0 Å². The molecule has 0 aliphatic rings. The van der Waals surface area contributed by atoms with Crippen LogP contribution in [-0.2, 0) is 11.2 Å². The fourth-order valence-electron chi connectivity index (χ4n) is 1.40. The first-order valence-corrected chi connectivity index (χ1v) is 5.22. The van der Waals surface area contributed by atoms with E-state index in [1.54, 1.807) is 13.0 Å². The monoisotopic (exact) mass is 220 g/mol. The van der Waals surface area contributed by atoms with Crippen LogP contribution in [0.3, 0.4) is 0 Å². The Labute approximate surface area is 95.0 Å². The van der Waals surface area contributed by atoms with Crippen LogP contribution in [0.4, 0.5) is 0 Å². The lowest BCUT2D eigenvalue weighted by Gasteiger charge is -2.08. The Bertz CT molecular complexity index is 355. The summed E-state index contributed by atoms with van der Waals surface area (Å²) in [6.07, 6.45) is 2.87. The van der Waals surface area contributed by atoms with E-state index in [2.05, 4.69) is 0 Å². The quantitative estimate of drug-likeness (QED) is 0.745. The van der Waals surface area contributed by atoms with Crippen LogP contribution in [0.5, 0.6) is 0 Å². The van der Waals surface area contributed by atoms with E-state index < -0.39 is 18.0 Å². The highest BCUT2D eigenvalue weighted by molar-refractivity contribution is 5.72. The smallest absolute Gasteiger partial charge is 0.310 e. The second-order valence-electron chi connectivity index (χ2n) is 3.76. The minimum absolute atomic E-state index is 0.444. The molecule has 3 nitrogen and oxygen atoms in total. The van der Waals surface area contributed by atoms with Crippen molar-refractivity contribution in [2.75, 3.05) is 0 Å². The molecule has 0 saturated heterocycles. The molecule has 1 aromatic carbocycles. The van der Waals surface area contributed by atoms with E-state index in [-0.39, 0.29) is 0 Å². The van der Waals surface area contributed by atoms with Gasteiger partial charge in [0.2, 0.25) is 0 Å². The van der Waals surface area contributed by atoms with E-state index in [0.717, 1.165) is 5.56 Å². The van der Waals surface area contributed by atoms with Crippen LogP contribution in [0, 0.1) is 5.92 Å². The predicted octanol–water partition coefficient (Wildman–Crippen LogP) is 1.87. The highest BCUT2D eigenvalue weighted by atomic mass is 16.4. The van der Waals surface area contributed by atoms with Gasteiger partial charge in [-0.05, 0) is 18.9 Å². The highest BCUT2D eigenvalue weighted by Crippen LogP contribution is 2.10. The molecule has 0 spiro atoms. The molecular weight excluding hydrogens is 204 g/mol. The van der Waals surface area contributed by atoms with Gasteiger partial charge in [0.1, 0.15) is 0 Å². The molecule has 16 heavy (non-hydrogen) atoms. The molecule has 0 saturated carbocycles. The number of hydrogen-bond donors (Lipinski definition) is 2. The van der Waals surface area contributed by atoms with Gasteiger partial charge in [-0.1, -0.05) is 42.5 Å². The van der Waals surface area contributed by atoms with Crippen LogP contribution < -0.4 is 0 Å². The summed E-state index contributed by atoms with van der Waals surface area (Å²) in [4.78, 5) is 11.0. The normalized spacial score (nSPS) is 14.9. The molecular formula is C13H16O3. The number of carbonyl (C=O) groups is 1. The van der Waals surface area contributed by atoms with Crippen LogP contribution in [0.1, 0.15) is 12.5 Å². The van der Waals surface area contributed by atoms with E-state index in [4.69, 9.17) is 10.2 Å². The molecule has 3 heteroatoms. The first-order valence-electron chi connectivity index (χ1n) is 5.22. The summed E-state index contributed by atoms with van der Waals surface area (Å²) >= 11 is 0. The van der Waals surface area contributed by atoms with Crippen molar-refractivity contribution in [2.45, 2.75) is 19.4 Å². The van der Waals surface area contributed by atoms with Crippen molar-refractivity contribution in [3.63, 3.8) is 0 Å². The van der Waals surface area contributed by atoms with Gasteiger partial charge in [-0.15, -0.1) is 0 Å². The summed E-state index contributed by atoms with van der Waals surface area (Å²) in [5, 5.41) is 18.1. The number of rotatable bonds is 5. The van der Waals surface area contributed by atoms with Gasteiger partial charge in [0.15, 0.2) is 0 Å². The zero-order valence-electron chi connectivity index (χ0n) is 9.21. The Hall–Kier alpha value is -1.61. The average Bonchev–Trinajstić information content (AvgIpc) is 2.25. The molecule has 86 valence electrons. The summed E-state index contributed by atoms with van der Waals surface area (Å²) in [6, 6.07) is 9.45. The third kappa shape index (κ3) is 4.28. The van der Waals surface area contributed by atoms with Gasteiger partial charge in [-0.2, -0.15) is 0 Å². The van der Waals surface area contributed by atoms with Crippen molar-refractivity contribution < 1.29 is 15.0 Å². The van der Waals surface area contributed by atoms with Crippen molar-refractivity contribution in [1.29, 1.82) is 0 Å². The number of aliphatic hydroxyl groups is 1. The van der Waals surface area contributed by atoms with Gasteiger partial charge in [-0.3, -0.25) is 4.79 Å². The number of aliphatic hydroxyl groups excluding tert-OH is 1. The minimum Gasteiger partial charge on any atom is -0.481 e. The summed E-state index contributed by atoms with van der Waals surface area (Å²) in [6.45, 7) is 1.60. The van der Waals surface area contributed by atoms with E-state index in [9.17, 15) is 4.79 Å². The molecule has 0 aliphatic carbocycles. The first kappa shape index (κ1) is 12.5. The summed E-state index contributed by atoms with van der Waals surface area (Å²) < 4.78 is 0. The zero-order valence-corrected chi connectivity index (χ0v) is 9.21. The third-order valence-electron chi connectivity index (χ3n) is 2.24. The van der Waals surface area contributed by atoms with Crippen LogP contribution in [0.2, 0.25) is 0 Å². The molecule has 0 amide bonds. The Morgan fingerprint density at radius 1 is 1.31 bits per heavy atom. The largest absolute Gasteiger partial charge is 0.481 e. The van der Waals surface area contributed by atoms with Crippen LogP contribution >= 0.6 is 0 Å². The molecule has 0 aliphatic heterocycles. The Morgan fingerprint density at radius 2 is 1.94 bits per heavy atom. The predicted molar refractivity (Wildman–Crippen MR) is 62.1 cm³/mol. The van der Waals surface area contributed by atoms with Gasteiger partial charge in [0.25, 0.3) is 0 Å². The molecule has 0 aromatic heterocycles. The van der Waals surface area contributed by atoms with Crippen molar-refractivity contribution >= 4 is 5.97 Å². The van der Waals surface area contributed by atoms with Crippen molar-refractivity contribution in [3.8, 4) is 0 Å². The van der Waals surface area contributed by atoms with Crippen molar-refractivity contribution in [2.24, 2.45) is 5.92 Å². The van der Waals surface area contributed by atoms with Crippen molar-refractivity contribution in [1.82, 2.24) is 0 Å². The lowest BCUT2D eigenvalue weighted by atomic mass is 9.98. The Morgan fingerprint density at radius 3 is 2.44 bits per heavy atom. The third-order valence-corrected chi connectivity index (χ3v) is 2.24. The Balaban J connectivity index is 2.69. The number of carboxylic acid groups (broad SMARTS) is 1. The maximum atomic E-state index is 11.0. The maximum absolute atomic E-state index is 11.0. The van der Waals surface area contributed by atoms with Crippen molar-refractivity contribution in [3.05, 3.63) is 48.0 Å². The fraction of sp³-hybridized carbons (Fsp3) is 0.308. The lowest BCUT2D eigenvalue weighted by Crippen LogP contribution is -2.14. The number of hydrogen-bond acceptors (Lipinski definition) is 2. The van der Waals surface area contributed by atoms with Gasteiger partial charge in [-0.25, -0.2) is 0 Å². The molecule has 0 heterocycles. The molecule has 1 aromatic rings. The Kier molecular flexibility index (Phi) is 4.73. The SMILES string of the molecule is CC(O)C=CC(Cc1ccccc1)C(=O)O. The molecule has 2 N–H and O–H groups in total. The van der Waals surface area contributed by atoms with Crippen LogP contribution in [-0.4, -0.2) is 22.3 Å². The maximum Gasteiger partial charge on any atom is 0.310 e. The summed E-state index contributed by atoms with van der Waals surface area (Å²) in [7, 11) is 0. The second kappa shape index (κ2) is 6.08. The molecule has 1 rings (SSSR count). The number of aliphatic carboxylic acids is 1. The molecule has 0 radical (unpaired) electrons. The van der Waals surface area contributed by atoms with E-state index >= 15 is 0 Å². The highest BCUT2D eigenvalue weighted by Gasteiger charge is 2.14. The van der Waals surface area contributed by atoms with Gasteiger partial charge >= 0.3 is 5.97 Å². The average molecular weight is 220 g/mol. The topological polar surface area (TPSA) is 57.5 Å². The standard InChI is InChI=1S/C13H16O3/c1-10(14)7-8-12(13(15)16)9-11-5-3-2-4-6-11/h2-8,10,12,14H,9H2,1H3,(H,15,16).